The van der Waals surface area contributed by atoms with Crippen LogP contribution in [0.3, 0.4) is 0 Å². The number of ether oxygens (including phenoxy) is 1. The number of hydrogen-bond donors (Lipinski definition) is 2. The molecule has 130 valence electrons. The molecule has 0 bridgehead atoms. The van der Waals surface area contributed by atoms with Gasteiger partial charge in [0.25, 0.3) is 0 Å². The molecule has 1 fully saturated rings. The number of hydrogen-bond acceptors (Lipinski definition) is 7. The molecule has 1 saturated heterocycles. The molecule has 2 aromatic rings. The highest BCUT2D eigenvalue weighted by atomic mass is 32.2. The highest BCUT2D eigenvalue weighted by Crippen LogP contribution is 2.24. The summed E-state index contributed by atoms with van der Waals surface area (Å²) in [5.74, 6) is 0.554. The number of nitrogens with zero attached hydrogens (tertiary/aromatic N) is 4. The van der Waals surface area contributed by atoms with E-state index in [1.807, 2.05) is 0 Å². The van der Waals surface area contributed by atoms with Crippen molar-refractivity contribution in [2.45, 2.75) is 24.3 Å². The maximum absolute atomic E-state index is 14.1. The molecule has 0 spiro atoms. The van der Waals surface area contributed by atoms with Crippen LogP contribution in [-0.4, -0.2) is 51.7 Å². The molecule has 0 amide bonds. The first-order chi connectivity index (χ1) is 11.8. The van der Waals surface area contributed by atoms with Crippen LogP contribution in [0.1, 0.15) is 12.8 Å². The Bertz CT molecular complexity index is 663. The van der Waals surface area contributed by atoms with E-state index in [2.05, 4.69) is 20.1 Å². The summed E-state index contributed by atoms with van der Waals surface area (Å²) in [6.45, 7) is 2.67. The molecule has 1 aliphatic heterocycles. The van der Waals surface area contributed by atoms with Gasteiger partial charge in [0.2, 0.25) is 5.82 Å². The monoisotopic (exact) mass is 353 g/mol. The molecule has 0 saturated carbocycles. The Kier molecular flexibility index (Phi) is 6.13. The molecule has 24 heavy (non-hydrogen) atoms. The zero-order valence-electron chi connectivity index (χ0n) is 13.2. The first kappa shape index (κ1) is 17.3. The standard InChI is InChI=1S/C15H20FN5O2S/c16-13-9-12(1-2-14(13)24-17-5-6-22)15-18-20-21(19-15)10-11-3-7-23-8-4-11/h1-2,9,11,17,22H,3-8,10H2. The van der Waals surface area contributed by atoms with Crippen LogP contribution in [0.25, 0.3) is 11.4 Å². The normalized spacial score (nSPS) is 15.8. The van der Waals surface area contributed by atoms with Crippen molar-refractivity contribution in [3.8, 4) is 11.4 Å². The SMILES string of the molecule is OCCNSc1ccc(-c2nnn(CC3CCOCC3)n2)cc1F. The van der Waals surface area contributed by atoms with E-state index >= 15 is 0 Å². The number of rotatable bonds is 7. The van der Waals surface area contributed by atoms with Crippen molar-refractivity contribution in [1.82, 2.24) is 24.9 Å². The molecule has 0 aliphatic carbocycles. The first-order valence-corrected chi connectivity index (χ1v) is 8.74. The lowest BCUT2D eigenvalue weighted by Gasteiger charge is -2.20. The van der Waals surface area contributed by atoms with Crippen LogP contribution in [0.15, 0.2) is 23.1 Å². The van der Waals surface area contributed by atoms with E-state index in [1.54, 1.807) is 16.9 Å². The fourth-order valence-corrected chi connectivity index (χ4v) is 3.13. The van der Waals surface area contributed by atoms with E-state index in [9.17, 15) is 4.39 Å². The van der Waals surface area contributed by atoms with Gasteiger partial charge in [-0.3, -0.25) is 4.72 Å². The molecule has 0 atom stereocenters. The van der Waals surface area contributed by atoms with Crippen molar-refractivity contribution >= 4 is 11.9 Å². The minimum Gasteiger partial charge on any atom is -0.395 e. The number of halogens is 1. The number of nitrogens with one attached hydrogen (secondary N) is 1. The minimum absolute atomic E-state index is 0.00679. The Balaban J connectivity index is 1.64. The molecular formula is C15H20FN5O2S. The van der Waals surface area contributed by atoms with E-state index in [-0.39, 0.29) is 12.4 Å². The third kappa shape index (κ3) is 4.50. The molecule has 1 aromatic heterocycles. The highest BCUT2D eigenvalue weighted by Gasteiger charge is 2.16. The molecule has 7 nitrogen and oxygen atoms in total. The zero-order chi connectivity index (χ0) is 16.8. The van der Waals surface area contributed by atoms with Gasteiger partial charge in [0.05, 0.1) is 18.0 Å². The summed E-state index contributed by atoms with van der Waals surface area (Å²) in [5, 5.41) is 21.2. The molecule has 0 radical (unpaired) electrons. The largest absolute Gasteiger partial charge is 0.395 e. The summed E-state index contributed by atoms with van der Waals surface area (Å²) in [6.07, 6.45) is 2.00. The summed E-state index contributed by atoms with van der Waals surface area (Å²) >= 11 is 1.15. The van der Waals surface area contributed by atoms with Gasteiger partial charge in [-0.1, -0.05) is 0 Å². The van der Waals surface area contributed by atoms with E-state index < -0.39 is 0 Å². The summed E-state index contributed by atoms with van der Waals surface area (Å²) in [5.41, 5.74) is 0.595. The van der Waals surface area contributed by atoms with E-state index in [1.165, 1.54) is 6.07 Å². The van der Waals surface area contributed by atoms with Crippen LogP contribution in [0, 0.1) is 11.7 Å². The van der Waals surface area contributed by atoms with Gasteiger partial charge in [0.15, 0.2) is 0 Å². The Morgan fingerprint density at radius 3 is 2.96 bits per heavy atom. The first-order valence-electron chi connectivity index (χ1n) is 7.92. The lowest BCUT2D eigenvalue weighted by Crippen LogP contribution is -2.21. The second kappa shape index (κ2) is 8.52. The third-order valence-corrected chi connectivity index (χ3v) is 4.70. The molecular weight excluding hydrogens is 333 g/mol. The van der Waals surface area contributed by atoms with Crippen molar-refractivity contribution in [2.24, 2.45) is 5.92 Å². The van der Waals surface area contributed by atoms with Crippen molar-refractivity contribution in [3.63, 3.8) is 0 Å². The summed E-state index contributed by atoms with van der Waals surface area (Å²) < 4.78 is 22.3. The molecule has 1 aliphatic rings. The van der Waals surface area contributed by atoms with Gasteiger partial charge in [-0.05, 0) is 54.1 Å². The zero-order valence-corrected chi connectivity index (χ0v) is 14.0. The van der Waals surface area contributed by atoms with Crippen LogP contribution in [-0.2, 0) is 11.3 Å². The minimum atomic E-state index is -0.358. The number of aromatic nitrogens is 4. The smallest absolute Gasteiger partial charge is 0.205 e. The maximum atomic E-state index is 14.1. The van der Waals surface area contributed by atoms with Crippen LogP contribution in [0.4, 0.5) is 4.39 Å². The van der Waals surface area contributed by atoms with Gasteiger partial charge in [0.1, 0.15) is 5.82 Å². The van der Waals surface area contributed by atoms with Crippen LogP contribution >= 0.6 is 11.9 Å². The van der Waals surface area contributed by atoms with Gasteiger partial charge in [-0.25, -0.2) is 4.39 Å². The van der Waals surface area contributed by atoms with Gasteiger partial charge in [0, 0.05) is 25.3 Å². The molecule has 9 heteroatoms. The average Bonchev–Trinajstić information content (AvgIpc) is 3.06. The molecule has 0 unspecified atom stereocenters. The molecule has 3 rings (SSSR count). The number of aliphatic hydroxyl groups is 1. The predicted molar refractivity (Wildman–Crippen MR) is 87.7 cm³/mol. The van der Waals surface area contributed by atoms with Crippen molar-refractivity contribution in [1.29, 1.82) is 0 Å². The average molecular weight is 353 g/mol. The third-order valence-electron chi connectivity index (χ3n) is 3.80. The fraction of sp³-hybridized carbons (Fsp3) is 0.533. The van der Waals surface area contributed by atoms with Crippen molar-refractivity contribution in [2.75, 3.05) is 26.4 Å². The second-order valence-electron chi connectivity index (χ2n) is 5.59. The highest BCUT2D eigenvalue weighted by molar-refractivity contribution is 7.97. The van der Waals surface area contributed by atoms with Crippen LogP contribution in [0.2, 0.25) is 0 Å². The topological polar surface area (TPSA) is 85.1 Å². The Hall–Kier alpha value is -1.55. The lowest BCUT2D eigenvalue weighted by molar-refractivity contribution is 0.0586. The quantitative estimate of drug-likeness (QED) is 0.576. The van der Waals surface area contributed by atoms with Crippen LogP contribution < -0.4 is 4.72 Å². The summed E-state index contributed by atoms with van der Waals surface area (Å²) in [6, 6.07) is 4.83. The molecule has 2 heterocycles. The van der Waals surface area contributed by atoms with E-state index in [0.717, 1.165) is 38.0 Å². The van der Waals surface area contributed by atoms with E-state index in [0.29, 0.717) is 35.3 Å². The number of benzene rings is 1. The van der Waals surface area contributed by atoms with Crippen molar-refractivity contribution in [3.05, 3.63) is 24.0 Å². The predicted octanol–water partition coefficient (Wildman–Crippen LogP) is 1.49. The van der Waals surface area contributed by atoms with Gasteiger partial charge >= 0.3 is 0 Å². The van der Waals surface area contributed by atoms with Crippen LogP contribution in [0.5, 0.6) is 0 Å². The second-order valence-corrected chi connectivity index (χ2v) is 6.52. The van der Waals surface area contributed by atoms with Gasteiger partial charge < -0.3 is 9.84 Å². The summed E-state index contributed by atoms with van der Waals surface area (Å²) in [7, 11) is 0. The van der Waals surface area contributed by atoms with Gasteiger partial charge in [-0.15, -0.1) is 10.2 Å². The Morgan fingerprint density at radius 1 is 1.38 bits per heavy atom. The number of aliphatic hydroxyl groups excluding tert-OH is 1. The molecule has 1 aromatic carbocycles. The lowest BCUT2D eigenvalue weighted by atomic mass is 10.0. The van der Waals surface area contributed by atoms with Crippen molar-refractivity contribution < 1.29 is 14.2 Å². The Labute approximate surface area is 143 Å². The maximum Gasteiger partial charge on any atom is 0.205 e. The van der Waals surface area contributed by atoms with E-state index in [4.69, 9.17) is 9.84 Å². The Morgan fingerprint density at radius 2 is 2.21 bits per heavy atom. The number of tetrazole rings is 1. The van der Waals surface area contributed by atoms with Gasteiger partial charge in [-0.2, -0.15) is 4.80 Å². The summed E-state index contributed by atoms with van der Waals surface area (Å²) in [4.78, 5) is 2.04. The molecule has 2 N–H and O–H groups in total. The fourth-order valence-electron chi connectivity index (χ4n) is 2.49.